The highest BCUT2D eigenvalue weighted by molar-refractivity contribution is 7.92. The molecule has 1 saturated heterocycles. The lowest BCUT2D eigenvalue weighted by atomic mass is 9.87. The van der Waals surface area contributed by atoms with E-state index in [1.165, 1.54) is 28.6 Å². The van der Waals surface area contributed by atoms with Gasteiger partial charge in [-0.3, -0.25) is 4.31 Å². The third-order valence-corrected chi connectivity index (χ3v) is 9.24. The Labute approximate surface area is 214 Å². The van der Waals surface area contributed by atoms with Gasteiger partial charge in [-0.05, 0) is 92.9 Å². The summed E-state index contributed by atoms with van der Waals surface area (Å²) in [5.74, 6) is -0.238. The zero-order valence-electron chi connectivity index (χ0n) is 21.2. The van der Waals surface area contributed by atoms with Crippen LogP contribution in [-0.2, 0) is 14.8 Å². The van der Waals surface area contributed by atoms with Crippen molar-refractivity contribution in [2.45, 2.75) is 51.4 Å². The van der Waals surface area contributed by atoms with Gasteiger partial charge in [0, 0.05) is 32.2 Å². The van der Waals surface area contributed by atoms with Crippen molar-refractivity contribution in [3.63, 3.8) is 0 Å². The van der Waals surface area contributed by atoms with Crippen LogP contribution in [0.1, 0.15) is 62.5 Å². The number of benzene rings is 2. The summed E-state index contributed by atoms with van der Waals surface area (Å²) < 4.78 is 61.9. The Kier molecular flexibility index (Phi) is 9.36. The number of halogens is 2. The van der Waals surface area contributed by atoms with Crippen LogP contribution in [0.5, 0.6) is 0 Å². The quantitative estimate of drug-likeness (QED) is 0.385. The fraction of sp³-hybridized carbons (Fsp3) is 0.571. The number of ether oxygens (including phenoxy) is 1. The third-order valence-electron chi connectivity index (χ3n) is 7.49. The summed E-state index contributed by atoms with van der Waals surface area (Å²) in [4.78, 5) is 2.23. The molecule has 2 aromatic rings. The van der Waals surface area contributed by atoms with Crippen LogP contribution in [0.3, 0.4) is 0 Å². The lowest BCUT2D eigenvalue weighted by molar-refractivity contribution is 0.103. The highest BCUT2D eigenvalue weighted by Gasteiger charge is 2.32. The first-order chi connectivity index (χ1) is 17.4. The van der Waals surface area contributed by atoms with Gasteiger partial charge >= 0.3 is 0 Å². The molecule has 2 aliphatic heterocycles. The first-order valence-electron chi connectivity index (χ1n) is 13.2. The van der Waals surface area contributed by atoms with Gasteiger partial charge < -0.3 is 9.64 Å². The number of hydrogen-bond acceptors (Lipinski definition) is 4. The van der Waals surface area contributed by atoms with Crippen LogP contribution in [-0.4, -0.2) is 58.5 Å². The number of sulfonamides is 1. The maximum absolute atomic E-state index is 14.3. The SMILES string of the molecule is CCCOCCC1CCN(CCS(=O)(=O)N2CCCC(c3ccc(F)cc3)c3ccc(F)cc32)CC1. The standard InChI is InChI=1S/C28H38F2N2O3S/c1-2-18-35-19-13-22-11-15-31(16-12-22)17-20-36(33,34)32-14-3-4-26(23-5-7-24(29)8-6-23)27-10-9-25(30)21-28(27)32/h5-10,21-22,26H,2-4,11-20H2,1H3. The van der Waals surface area contributed by atoms with Gasteiger partial charge in [-0.15, -0.1) is 0 Å². The molecule has 5 nitrogen and oxygen atoms in total. The maximum Gasteiger partial charge on any atom is 0.236 e. The Hall–Kier alpha value is -2.03. The lowest BCUT2D eigenvalue weighted by Crippen LogP contribution is -2.41. The molecule has 0 saturated carbocycles. The number of rotatable bonds is 10. The average Bonchev–Trinajstić information content (AvgIpc) is 3.06. The van der Waals surface area contributed by atoms with E-state index in [-0.39, 0.29) is 17.5 Å². The Morgan fingerprint density at radius 2 is 1.67 bits per heavy atom. The van der Waals surface area contributed by atoms with Crippen LogP contribution in [0, 0.1) is 17.6 Å². The topological polar surface area (TPSA) is 49.9 Å². The molecule has 0 spiro atoms. The average molecular weight is 521 g/mol. The maximum atomic E-state index is 14.3. The van der Waals surface area contributed by atoms with Crippen LogP contribution < -0.4 is 4.31 Å². The van der Waals surface area contributed by atoms with Crippen molar-refractivity contribution in [2.24, 2.45) is 5.92 Å². The number of fused-ring (bicyclic) bond motifs is 1. The minimum atomic E-state index is -3.64. The highest BCUT2D eigenvalue weighted by atomic mass is 32.2. The van der Waals surface area contributed by atoms with E-state index in [0.29, 0.717) is 37.5 Å². The fourth-order valence-corrected chi connectivity index (χ4v) is 7.00. The molecule has 0 aliphatic carbocycles. The summed E-state index contributed by atoms with van der Waals surface area (Å²) in [7, 11) is -3.64. The fourth-order valence-electron chi connectivity index (χ4n) is 5.42. The molecule has 8 heteroatoms. The molecule has 36 heavy (non-hydrogen) atoms. The van der Waals surface area contributed by atoms with E-state index in [9.17, 15) is 17.2 Å². The molecule has 0 N–H and O–H groups in total. The zero-order chi connectivity index (χ0) is 25.5. The molecule has 2 aromatic carbocycles. The van der Waals surface area contributed by atoms with Crippen LogP contribution in [0.2, 0.25) is 0 Å². The Bertz CT molecular complexity index is 1090. The molecule has 198 valence electrons. The van der Waals surface area contributed by atoms with Crippen LogP contribution in [0.25, 0.3) is 0 Å². The van der Waals surface area contributed by atoms with E-state index in [1.54, 1.807) is 18.2 Å². The number of hydrogen-bond donors (Lipinski definition) is 0. The zero-order valence-corrected chi connectivity index (χ0v) is 22.0. The molecule has 0 radical (unpaired) electrons. The number of nitrogens with zero attached hydrogens (tertiary/aromatic N) is 2. The normalized spacial score (nSPS) is 19.8. The van der Waals surface area contributed by atoms with Gasteiger partial charge in [0.2, 0.25) is 10.0 Å². The third kappa shape index (κ3) is 6.84. The largest absolute Gasteiger partial charge is 0.381 e. The second-order valence-corrected chi connectivity index (χ2v) is 12.0. The molecule has 2 aliphatic rings. The minimum Gasteiger partial charge on any atom is -0.381 e. The summed E-state index contributed by atoms with van der Waals surface area (Å²) in [6.07, 6.45) is 5.58. The molecule has 4 rings (SSSR count). The lowest BCUT2D eigenvalue weighted by Gasteiger charge is -2.33. The number of likely N-dealkylation sites (tertiary alicyclic amines) is 1. The van der Waals surface area contributed by atoms with E-state index < -0.39 is 15.8 Å². The van der Waals surface area contributed by atoms with Crippen LogP contribution in [0.15, 0.2) is 42.5 Å². The molecule has 2 heterocycles. The molecule has 0 bridgehead atoms. The van der Waals surface area contributed by atoms with Gasteiger partial charge in [0.1, 0.15) is 11.6 Å². The number of anilines is 1. The highest BCUT2D eigenvalue weighted by Crippen LogP contribution is 2.40. The molecule has 1 fully saturated rings. The van der Waals surface area contributed by atoms with E-state index in [0.717, 1.165) is 63.1 Å². The van der Waals surface area contributed by atoms with Crippen molar-refractivity contribution in [1.82, 2.24) is 4.90 Å². The van der Waals surface area contributed by atoms with E-state index >= 15 is 0 Å². The molecular formula is C28H38F2N2O3S. The summed E-state index contributed by atoms with van der Waals surface area (Å²) in [5, 5.41) is 0. The van der Waals surface area contributed by atoms with E-state index in [1.807, 2.05) is 0 Å². The van der Waals surface area contributed by atoms with E-state index in [2.05, 4.69) is 11.8 Å². The van der Waals surface area contributed by atoms with Crippen molar-refractivity contribution in [3.05, 3.63) is 65.2 Å². The molecule has 0 amide bonds. The van der Waals surface area contributed by atoms with Gasteiger partial charge in [-0.2, -0.15) is 0 Å². The number of piperidine rings is 1. The summed E-state index contributed by atoms with van der Waals surface area (Å²) in [5.41, 5.74) is 2.09. The first kappa shape index (κ1) is 27.0. The summed E-state index contributed by atoms with van der Waals surface area (Å²) in [6, 6.07) is 10.7. The second-order valence-electron chi connectivity index (χ2n) is 10.0. The Balaban J connectivity index is 1.42. The molecular weight excluding hydrogens is 482 g/mol. The molecule has 1 atom stereocenters. The predicted molar refractivity (Wildman–Crippen MR) is 140 cm³/mol. The van der Waals surface area contributed by atoms with Crippen molar-refractivity contribution < 1.29 is 21.9 Å². The second kappa shape index (κ2) is 12.5. The van der Waals surface area contributed by atoms with Crippen molar-refractivity contribution in [2.75, 3.05) is 49.5 Å². The van der Waals surface area contributed by atoms with Crippen molar-refractivity contribution >= 4 is 15.7 Å². The van der Waals surface area contributed by atoms with Crippen molar-refractivity contribution in [1.29, 1.82) is 0 Å². The Morgan fingerprint density at radius 3 is 2.39 bits per heavy atom. The van der Waals surface area contributed by atoms with Gasteiger partial charge in [-0.25, -0.2) is 17.2 Å². The first-order valence-corrected chi connectivity index (χ1v) is 14.8. The predicted octanol–water partition coefficient (Wildman–Crippen LogP) is 5.56. The minimum absolute atomic E-state index is 0.00838. The Morgan fingerprint density at radius 1 is 0.944 bits per heavy atom. The summed E-state index contributed by atoms with van der Waals surface area (Å²) in [6.45, 7) is 6.30. The van der Waals surface area contributed by atoms with E-state index in [4.69, 9.17) is 4.74 Å². The monoisotopic (exact) mass is 520 g/mol. The van der Waals surface area contributed by atoms with Gasteiger partial charge in [0.15, 0.2) is 0 Å². The molecule has 1 unspecified atom stereocenters. The van der Waals surface area contributed by atoms with Gasteiger partial charge in [0.25, 0.3) is 0 Å². The smallest absolute Gasteiger partial charge is 0.236 e. The van der Waals surface area contributed by atoms with Crippen LogP contribution >= 0.6 is 0 Å². The summed E-state index contributed by atoms with van der Waals surface area (Å²) >= 11 is 0. The van der Waals surface area contributed by atoms with Gasteiger partial charge in [0.05, 0.1) is 11.4 Å². The van der Waals surface area contributed by atoms with Crippen molar-refractivity contribution in [3.8, 4) is 0 Å². The van der Waals surface area contributed by atoms with Gasteiger partial charge in [-0.1, -0.05) is 25.1 Å². The molecule has 0 aromatic heterocycles. The van der Waals surface area contributed by atoms with Crippen LogP contribution in [0.4, 0.5) is 14.5 Å².